The zero-order valence-corrected chi connectivity index (χ0v) is 8.67. The Labute approximate surface area is 87.4 Å². The summed E-state index contributed by atoms with van der Waals surface area (Å²) in [6, 6.07) is 3.61. The average Bonchev–Trinajstić information content (AvgIpc) is 2.24. The summed E-state index contributed by atoms with van der Waals surface area (Å²) >= 11 is 0. The number of aliphatic imine (C=N–C) groups is 2. The molecule has 0 N–H and O–H groups in total. The van der Waals surface area contributed by atoms with Crippen LogP contribution < -0.4 is 0 Å². The molecule has 0 aliphatic carbocycles. The van der Waals surface area contributed by atoms with E-state index in [4.69, 9.17) is 0 Å². The van der Waals surface area contributed by atoms with Crippen molar-refractivity contribution in [3.63, 3.8) is 0 Å². The summed E-state index contributed by atoms with van der Waals surface area (Å²) in [5.41, 5.74) is 0.473. The third-order valence-corrected chi connectivity index (χ3v) is 1.79. The van der Waals surface area contributed by atoms with Crippen LogP contribution in [0.15, 0.2) is 28.2 Å². The molecule has 1 rings (SSSR count). The zero-order chi connectivity index (χ0) is 11.3. The molecule has 80 valence electrons. The van der Waals surface area contributed by atoms with Gasteiger partial charge in [0.15, 0.2) is 17.5 Å². The molecule has 0 atom stereocenters. The second kappa shape index (κ2) is 5.34. The van der Waals surface area contributed by atoms with Gasteiger partial charge in [0.2, 0.25) is 0 Å². The van der Waals surface area contributed by atoms with Crippen molar-refractivity contribution in [3.05, 3.63) is 35.4 Å². The van der Waals surface area contributed by atoms with Crippen LogP contribution in [0.1, 0.15) is 18.9 Å². The minimum atomic E-state index is -0.889. The molecule has 2 nitrogen and oxygen atoms in total. The minimum absolute atomic E-state index is 0.399. The number of benzene rings is 1. The van der Waals surface area contributed by atoms with Gasteiger partial charge in [0, 0.05) is 18.8 Å². The van der Waals surface area contributed by atoms with Gasteiger partial charge in [0.1, 0.15) is 0 Å². The van der Waals surface area contributed by atoms with E-state index in [-0.39, 0.29) is 0 Å². The molecule has 0 bridgehead atoms. The molecule has 15 heavy (non-hydrogen) atoms. The van der Waals surface area contributed by atoms with Crippen LogP contribution in [-0.2, 0) is 0 Å². The van der Waals surface area contributed by atoms with Gasteiger partial charge >= 0.3 is 0 Å². The Bertz CT molecular complexity index is 398. The molecular weight excluding hydrogens is 198 g/mol. The van der Waals surface area contributed by atoms with Crippen molar-refractivity contribution in [1.82, 2.24) is 0 Å². The van der Waals surface area contributed by atoms with Crippen LogP contribution in [0.4, 0.5) is 8.78 Å². The van der Waals surface area contributed by atoms with Gasteiger partial charge in [-0.1, -0.05) is 6.92 Å². The molecule has 0 heterocycles. The zero-order valence-electron chi connectivity index (χ0n) is 8.67. The molecule has 4 heteroatoms. The highest BCUT2D eigenvalue weighted by atomic mass is 19.2. The quantitative estimate of drug-likeness (QED) is 0.529. The van der Waals surface area contributed by atoms with E-state index in [0.717, 1.165) is 18.6 Å². The Hall–Kier alpha value is -1.58. The third kappa shape index (κ3) is 2.94. The van der Waals surface area contributed by atoms with Crippen LogP contribution in [0, 0.1) is 11.6 Å². The van der Waals surface area contributed by atoms with Crippen LogP contribution in [0.3, 0.4) is 0 Å². The summed E-state index contributed by atoms with van der Waals surface area (Å²) in [4.78, 5) is 7.93. The molecule has 0 aliphatic heterocycles. The second-order valence-electron chi connectivity index (χ2n) is 2.90. The summed E-state index contributed by atoms with van der Waals surface area (Å²) in [5, 5.41) is 0. The maximum Gasteiger partial charge on any atom is 0.159 e. The van der Waals surface area contributed by atoms with Crippen LogP contribution in [-0.4, -0.2) is 19.1 Å². The van der Waals surface area contributed by atoms with Crippen molar-refractivity contribution in [2.45, 2.75) is 13.3 Å². The highest BCUT2D eigenvalue weighted by Crippen LogP contribution is 2.10. The Balaban J connectivity index is 3.04. The largest absolute Gasteiger partial charge is 0.270 e. The van der Waals surface area contributed by atoms with E-state index in [1.807, 2.05) is 6.92 Å². The van der Waals surface area contributed by atoms with Gasteiger partial charge in [-0.25, -0.2) is 13.8 Å². The summed E-state index contributed by atoms with van der Waals surface area (Å²) < 4.78 is 25.6. The van der Waals surface area contributed by atoms with E-state index in [9.17, 15) is 8.78 Å². The van der Waals surface area contributed by atoms with Crippen LogP contribution >= 0.6 is 0 Å². The Kier molecular flexibility index (Phi) is 4.09. The lowest BCUT2D eigenvalue weighted by atomic mass is 10.2. The number of hydrogen-bond donors (Lipinski definition) is 0. The van der Waals surface area contributed by atoms with Crippen LogP contribution in [0.25, 0.3) is 0 Å². The molecule has 0 aliphatic rings. The van der Waals surface area contributed by atoms with Crippen molar-refractivity contribution in [2.24, 2.45) is 9.98 Å². The van der Waals surface area contributed by atoms with Gasteiger partial charge in [-0.2, -0.15) is 0 Å². The van der Waals surface area contributed by atoms with Crippen molar-refractivity contribution in [1.29, 1.82) is 0 Å². The molecule has 0 amide bonds. The number of nitrogens with zero attached hydrogens (tertiary/aromatic N) is 2. The molecule has 0 unspecified atom stereocenters. The van der Waals surface area contributed by atoms with Gasteiger partial charge in [-0.15, -0.1) is 0 Å². The number of amidine groups is 1. The SMILES string of the molecule is CCC=NC(=NC)c1ccc(F)c(F)c1. The minimum Gasteiger partial charge on any atom is -0.270 e. The summed E-state index contributed by atoms with van der Waals surface area (Å²) in [6.45, 7) is 1.93. The highest BCUT2D eigenvalue weighted by Gasteiger charge is 2.05. The first kappa shape index (κ1) is 11.5. The molecule has 0 saturated carbocycles. The topological polar surface area (TPSA) is 24.7 Å². The summed E-state index contributed by atoms with van der Waals surface area (Å²) in [5.74, 6) is -1.36. The first-order valence-corrected chi connectivity index (χ1v) is 4.63. The molecule has 0 spiro atoms. The molecule has 0 saturated heterocycles. The standard InChI is InChI=1S/C11H12F2N2/c1-3-6-15-11(14-2)8-4-5-9(12)10(13)7-8/h4-7H,3H2,1-2H3. The fourth-order valence-electron chi connectivity index (χ4n) is 1.07. The van der Waals surface area contributed by atoms with Gasteiger partial charge in [0.05, 0.1) is 0 Å². The number of hydrogen-bond acceptors (Lipinski definition) is 1. The molecule has 1 aromatic rings. The van der Waals surface area contributed by atoms with Gasteiger partial charge in [-0.3, -0.25) is 4.99 Å². The molecule has 0 fully saturated rings. The van der Waals surface area contributed by atoms with E-state index in [2.05, 4.69) is 9.98 Å². The predicted octanol–water partition coefficient (Wildman–Crippen LogP) is 2.82. The number of rotatable bonds is 2. The van der Waals surface area contributed by atoms with E-state index >= 15 is 0 Å². The lowest BCUT2D eigenvalue weighted by molar-refractivity contribution is 0.508. The smallest absolute Gasteiger partial charge is 0.159 e. The van der Waals surface area contributed by atoms with E-state index in [0.29, 0.717) is 11.4 Å². The summed E-state index contributed by atoms with van der Waals surface area (Å²) in [6.07, 6.45) is 2.44. The molecule has 1 aromatic carbocycles. The normalized spacial score (nSPS) is 12.4. The van der Waals surface area contributed by atoms with Crippen LogP contribution in [0.5, 0.6) is 0 Å². The Morgan fingerprint density at radius 2 is 2.07 bits per heavy atom. The lowest BCUT2D eigenvalue weighted by Gasteiger charge is -2.00. The van der Waals surface area contributed by atoms with Gasteiger partial charge < -0.3 is 0 Å². The monoisotopic (exact) mass is 210 g/mol. The van der Waals surface area contributed by atoms with Crippen molar-refractivity contribution in [2.75, 3.05) is 7.05 Å². The van der Waals surface area contributed by atoms with Crippen LogP contribution in [0.2, 0.25) is 0 Å². The van der Waals surface area contributed by atoms with E-state index in [1.54, 1.807) is 13.3 Å². The fraction of sp³-hybridized carbons (Fsp3) is 0.273. The van der Waals surface area contributed by atoms with Crippen molar-refractivity contribution < 1.29 is 8.78 Å². The van der Waals surface area contributed by atoms with Gasteiger partial charge in [-0.05, 0) is 24.6 Å². The first-order valence-electron chi connectivity index (χ1n) is 4.63. The van der Waals surface area contributed by atoms with E-state index < -0.39 is 11.6 Å². The summed E-state index contributed by atoms with van der Waals surface area (Å²) in [7, 11) is 1.56. The fourth-order valence-corrected chi connectivity index (χ4v) is 1.07. The maximum absolute atomic E-state index is 12.9. The average molecular weight is 210 g/mol. The first-order chi connectivity index (χ1) is 7.19. The second-order valence-corrected chi connectivity index (χ2v) is 2.90. The van der Waals surface area contributed by atoms with Crippen molar-refractivity contribution >= 4 is 12.1 Å². The maximum atomic E-state index is 12.9. The lowest BCUT2D eigenvalue weighted by Crippen LogP contribution is -1.99. The van der Waals surface area contributed by atoms with E-state index in [1.165, 1.54) is 6.07 Å². The molecule has 0 aromatic heterocycles. The predicted molar refractivity (Wildman–Crippen MR) is 57.6 cm³/mol. The Morgan fingerprint density at radius 3 is 2.60 bits per heavy atom. The number of halogens is 2. The molecule has 0 radical (unpaired) electrons. The highest BCUT2D eigenvalue weighted by molar-refractivity contribution is 6.02. The van der Waals surface area contributed by atoms with Crippen molar-refractivity contribution in [3.8, 4) is 0 Å². The molecular formula is C11H12F2N2. The Morgan fingerprint density at radius 1 is 1.33 bits per heavy atom. The van der Waals surface area contributed by atoms with Gasteiger partial charge in [0.25, 0.3) is 0 Å². The third-order valence-electron chi connectivity index (χ3n) is 1.79.